The van der Waals surface area contributed by atoms with Crippen LogP contribution in [0.3, 0.4) is 0 Å². The second-order valence-electron chi connectivity index (χ2n) is 7.08. The summed E-state index contributed by atoms with van der Waals surface area (Å²) in [5, 5.41) is 13.3. The third-order valence-electron chi connectivity index (χ3n) is 3.99. The number of aromatic hydroxyl groups is 1. The highest BCUT2D eigenvalue weighted by Crippen LogP contribution is 2.32. The number of hydrogen-bond donors (Lipinski definition) is 2. The second-order valence-corrected chi connectivity index (χ2v) is 7.08. The summed E-state index contributed by atoms with van der Waals surface area (Å²) in [4.78, 5) is 20.6. The first-order valence-electron chi connectivity index (χ1n) is 8.25. The van der Waals surface area contributed by atoms with E-state index in [-0.39, 0.29) is 11.8 Å². The molecule has 1 aromatic carbocycles. The van der Waals surface area contributed by atoms with Gasteiger partial charge in [-0.3, -0.25) is 4.79 Å². The fourth-order valence-electron chi connectivity index (χ4n) is 2.43. The van der Waals surface area contributed by atoms with Crippen molar-refractivity contribution in [3.63, 3.8) is 0 Å². The number of benzene rings is 1. The van der Waals surface area contributed by atoms with E-state index < -0.39 is 5.41 Å². The van der Waals surface area contributed by atoms with Crippen molar-refractivity contribution < 1.29 is 9.90 Å². The average molecular weight is 338 g/mol. The second kappa shape index (κ2) is 6.55. The number of carbonyl (C=O) groups excluding carboxylic acids is 1. The van der Waals surface area contributed by atoms with Gasteiger partial charge in [-0.25, -0.2) is 9.97 Å². The molecule has 2 aliphatic rings. The van der Waals surface area contributed by atoms with Gasteiger partial charge in [0.15, 0.2) is 5.82 Å². The third-order valence-corrected chi connectivity index (χ3v) is 3.99. The minimum Gasteiger partial charge on any atom is -0.494 e. The molecular weight excluding hydrogens is 316 g/mol. The van der Waals surface area contributed by atoms with Crippen LogP contribution >= 0.6 is 0 Å². The molecule has 130 valence electrons. The molecule has 1 aromatic rings. The Hall–Kier alpha value is -2.89. The molecule has 0 saturated carbocycles. The predicted molar refractivity (Wildman–Crippen MR) is 96.5 cm³/mol. The average Bonchev–Trinajstić information content (AvgIpc) is 2.98. The van der Waals surface area contributed by atoms with E-state index in [2.05, 4.69) is 15.3 Å². The van der Waals surface area contributed by atoms with Crippen molar-refractivity contribution in [2.24, 2.45) is 5.41 Å². The van der Waals surface area contributed by atoms with Crippen LogP contribution in [-0.2, 0) is 17.8 Å². The van der Waals surface area contributed by atoms with Crippen molar-refractivity contribution in [1.82, 2.24) is 14.5 Å². The van der Waals surface area contributed by atoms with Gasteiger partial charge >= 0.3 is 0 Å². The molecule has 25 heavy (non-hydrogen) atoms. The number of rotatable bonds is 4. The van der Waals surface area contributed by atoms with E-state index in [0.717, 1.165) is 6.42 Å². The van der Waals surface area contributed by atoms with Crippen molar-refractivity contribution in [1.29, 1.82) is 0 Å². The van der Waals surface area contributed by atoms with E-state index in [4.69, 9.17) is 0 Å². The van der Waals surface area contributed by atoms with Crippen molar-refractivity contribution in [2.45, 2.75) is 33.7 Å². The first-order chi connectivity index (χ1) is 11.8. The lowest BCUT2D eigenvalue weighted by atomic mass is 9.96. The lowest BCUT2D eigenvalue weighted by Gasteiger charge is -2.16. The zero-order chi connectivity index (χ0) is 18.0. The SMILES string of the molecule is CC(C)(C)C(=O)Nc1cc2c(O)n(CCc3ccccc3)cnc-2n1. The van der Waals surface area contributed by atoms with Crippen molar-refractivity contribution in [3.05, 3.63) is 48.3 Å². The molecule has 3 rings (SSSR count). The topological polar surface area (TPSA) is 80.0 Å². The molecule has 0 atom stereocenters. The van der Waals surface area contributed by atoms with E-state index in [1.54, 1.807) is 17.0 Å². The lowest BCUT2D eigenvalue weighted by molar-refractivity contribution is -0.123. The number of aryl methyl sites for hydroxylation is 2. The molecule has 6 heteroatoms. The molecule has 0 unspecified atom stereocenters. The van der Waals surface area contributed by atoms with Gasteiger partial charge in [0.05, 0.1) is 11.9 Å². The standard InChI is InChI=1S/C19H22N4O2/c1-19(2,3)18(25)22-15-11-14-16(21-15)20-12-23(17(14)24)10-9-13-7-5-4-6-8-13/h4-8,11-12,24H,9-10H2,1-3H3,(H,22,25). The highest BCUT2D eigenvalue weighted by molar-refractivity contribution is 5.94. The summed E-state index contributed by atoms with van der Waals surface area (Å²) in [6.45, 7) is 6.10. The van der Waals surface area contributed by atoms with Gasteiger partial charge in [0.1, 0.15) is 5.82 Å². The van der Waals surface area contributed by atoms with Gasteiger partial charge < -0.3 is 15.0 Å². The first kappa shape index (κ1) is 17.0. The van der Waals surface area contributed by atoms with Crippen LogP contribution in [0.1, 0.15) is 26.3 Å². The van der Waals surface area contributed by atoms with Crippen LogP contribution in [0.4, 0.5) is 5.82 Å². The number of nitrogens with zero attached hydrogens (tertiary/aromatic N) is 3. The summed E-state index contributed by atoms with van der Waals surface area (Å²) in [6, 6.07) is 11.7. The van der Waals surface area contributed by atoms with Crippen molar-refractivity contribution in [3.8, 4) is 17.3 Å². The number of amides is 1. The minimum atomic E-state index is -0.518. The summed E-state index contributed by atoms with van der Waals surface area (Å²) >= 11 is 0. The summed E-state index contributed by atoms with van der Waals surface area (Å²) < 4.78 is 1.69. The zero-order valence-electron chi connectivity index (χ0n) is 14.7. The molecule has 6 nitrogen and oxygen atoms in total. The quantitative estimate of drug-likeness (QED) is 0.765. The molecule has 0 saturated heterocycles. The Morgan fingerprint density at radius 1 is 1.24 bits per heavy atom. The van der Waals surface area contributed by atoms with E-state index in [0.29, 0.717) is 23.8 Å². The smallest absolute Gasteiger partial charge is 0.230 e. The van der Waals surface area contributed by atoms with Crippen molar-refractivity contribution >= 4 is 11.7 Å². The van der Waals surface area contributed by atoms with Gasteiger partial charge in [-0.15, -0.1) is 0 Å². The Morgan fingerprint density at radius 2 is 1.96 bits per heavy atom. The Kier molecular flexibility index (Phi) is 4.44. The summed E-state index contributed by atoms with van der Waals surface area (Å²) in [5.74, 6) is 0.785. The number of carbonyl (C=O) groups is 1. The Bertz CT molecular complexity index is 850. The van der Waals surface area contributed by atoms with Crippen LogP contribution in [0, 0.1) is 5.41 Å². The van der Waals surface area contributed by atoms with Crippen LogP contribution in [0.2, 0.25) is 0 Å². The third kappa shape index (κ3) is 3.79. The van der Waals surface area contributed by atoms with Gasteiger partial charge in [-0.2, -0.15) is 0 Å². The van der Waals surface area contributed by atoms with Crippen LogP contribution in [0.15, 0.2) is 42.7 Å². The Labute approximate surface area is 146 Å². The largest absolute Gasteiger partial charge is 0.494 e. The Morgan fingerprint density at radius 3 is 2.64 bits per heavy atom. The van der Waals surface area contributed by atoms with Gasteiger partial charge in [-0.05, 0) is 18.1 Å². The molecule has 0 bridgehead atoms. The molecule has 1 amide bonds. The van der Waals surface area contributed by atoms with Crippen LogP contribution in [0.25, 0.3) is 11.4 Å². The van der Waals surface area contributed by atoms with Crippen LogP contribution < -0.4 is 5.32 Å². The van der Waals surface area contributed by atoms with Gasteiger partial charge in [0.25, 0.3) is 0 Å². The number of hydrogen-bond acceptors (Lipinski definition) is 4. The fourth-order valence-corrected chi connectivity index (χ4v) is 2.43. The minimum absolute atomic E-state index is 0.102. The van der Waals surface area contributed by atoms with Gasteiger partial charge in [0.2, 0.25) is 11.8 Å². The van der Waals surface area contributed by atoms with Gasteiger partial charge in [-0.1, -0.05) is 51.1 Å². The fraction of sp³-hybridized carbons (Fsp3) is 0.316. The predicted octanol–water partition coefficient (Wildman–Crippen LogP) is 3.32. The number of fused-ring (bicyclic) bond motifs is 1. The summed E-state index contributed by atoms with van der Waals surface area (Å²) in [5.41, 5.74) is 1.20. The molecule has 0 radical (unpaired) electrons. The van der Waals surface area contributed by atoms with Gasteiger partial charge in [0, 0.05) is 12.0 Å². The summed E-state index contributed by atoms with van der Waals surface area (Å²) in [6.07, 6.45) is 2.36. The lowest BCUT2D eigenvalue weighted by Crippen LogP contribution is -2.27. The van der Waals surface area contributed by atoms with E-state index in [1.807, 2.05) is 51.1 Å². The maximum Gasteiger partial charge on any atom is 0.230 e. The molecule has 0 fully saturated rings. The number of aromatic nitrogens is 3. The molecule has 2 aliphatic heterocycles. The van der Waals surface area contributed by atoms with E-state index >= 15 is 0 Å². The number of nitrogens with one attached hydrogen (secondary N) is 1. The molecular formula is C19H22N4O2. The molecule has 0 spiro atoms. The molecule has 0 aromatic heterocycles. The monoisotopic (exact) mass is 338 g/mol. The highest BCUT2D eigenvalue weighted by Gasteiger charge is 2.24. The maximum atomic E-state index is 12.1. The number of anilines is 1. The van der Waals surface area contributed by atoms with E-state index in [9.17, 15) is 9.90 Å². The Balaban J connectivity index is 1.80. The zero-order valence-corrected chi connectivity index (χ0v) is 14.7. The van der Waals surface area contributed by atoms with Crippen LogP contribution in [0.5, 0.6) is 5.88 Å². The van der Waals surface area contributed by atoms with E-state index in [1.165, 1.54) is 5.56 Å². The molecule has 0 aliphatic carbocycles. The highest BCUT2D eigenvalue weighted by atomic mass is 16.3. The molecule has 2 N–H and O–H groups in total. The summed E-state index contributed by atoms with van der Waals surface area (Å²) in [7, 11) is 0. The molecule has 2 heterocycles. The first-order valence-corrected chi connectivity index (χ1v) is 8.25. The van der Waals surface area contributed by atoms with Crippen LogP contribution in [-0.4, -0.2) is 25.5 Å². The normalized spacial score (nSPS) is 11.6. The van der Waals surface area contributed by atoms with Crippen molar-refractivity contribution in [2.75, 3.05) is 5.32 Å². The maximum absolute atomic E-state index is 12.1.